The van der Waals surface area contributed by atoms with Crippen LogP contribution >= 0.6 is 24.8 Å². The highest BCUT2D eigenvalue weighted by atomic mass is 35.5. The van der Waals surface area contributed by atoms with Crippen LogP contribution in [0.15, 0.2) is 36.8 Å². The van der Waals surface area contributed by atoms with E-state index in [4.69, 9.17) is 0 Å². The van der Waals surface area contributed by atoms with E-state index in [2.05, 4.69) is 35.6 Å². The van der Waals surface area contributed by atoms with Crippen LogP contribution in [-0.2, 0) is 0 Å². The normalized spacial score (nSPS) is 16.7. The van der Waals surface area contributed by atoms with Crippen LogP contribution in [0.25, 0.3) is 22.4 Å². The number of hydrogen-bond acceptors (Lipinski definition) is 7. The van der Waals surface area contributed by atoms with Crippen molar-refractivity contribution in [1.29, 1.82) is 0 Å². The van der Waals surface area contributed by atoms with Crippen molar-refractivity contribution in [2.45, 2.75) is 0 Å². The Morgan fingerprint density at radius 3 is 2.41 bits per heavy atom. The minimum Gasteiger partial charge on any atom is -0.507 e. The maximum absolute atomic E-state index is 10.3. The molecule has 4 heterocycles. The van der Waals surface area contributed by atoms with Gasteiger partial charge in [0, 0.05) is 48.9 Å². The Morgan fingerprint density at radius 1 is 1.04 bits per heavy atom. The first-order chi connectivity index (χ1) is 12.2. The van der Waals surface area contributed by atoms with Gasteiger partial charge in [0.15, 0.2) is 0 Å². The van der Waals surface area contributed by atoms with Crippen molar-refractivity contribution in [1.82, 2.24) is 30.7 Å². The number of phenols is 1. The quantitative estimate of drug-likeness (QED) is 0.608. The molecule has 142 valence electrons. The van der Waals surface area contributed by atoms with Crippen molar-refractivity contribution in [3.05, 3.63) is 36.8 Å². The summed E-state index contributed by atoms with van der Waals surface area (Å²) in [6.07, 6.45) is 5.16. The smallest absolute Gasteiger partial charge is 0.245 e. The second-order valence-corrected chi connectivity index (χ2v) is 6.82. The minimum atomic E-state index is 0. The van der Waals surface area contributed by atoms with Crippen LogP contribution < -0.4 is 10.2 Å². The van der Waals surface area contributed by atoms with E-state index in [1.807, 2.05) is 12.1 Å². The topological polar surface area (TPSA) is 103 Å². The van der Waals surface area contributed by atoms with Crippen LogP contribution in [0.4, 0.5) is 5.95 Å². The highest BCUT2D eigenvalue weighted by Crippen LogP contribution is 2.36. The zero-order valence-electron chi connectivity index (χ0n) is 14.3. The Labute approximate surface area is 168 Å². The van der Waals surface area contributed by atoms with Gasteiger partial charge in [-0.15, -0.1) is 35.0 Å². The van der Waals surface area contributed by atoms with E-state index in [0.717, 1.165) is 37.3 Å². The second-order valence-electron chi connectivity index (χ2n) is 6.82. The minimum absolute atomic E-state index is 0. The Hall–Kier alpha value is -2.42. The number of phenolic OH excluding ortho intramolecular Hbond substituents is 1. The zero-order valence-corrected chi connectivity index (χ0v) is 15.9. The number of aromatic nitrogens is 5. The fourth-order valence-electron chi connectivity index (χ4n) is 3.48. The summed E-state index contributed by atoms with van der Waals surface area (Å²) in [5.41, 5.74) is 3.39. The molecule has 2 aliphatic heterocycles. The molecule has 0 radical (unpaired) electrons. The molecule has 0 bridgehead atoms. The van der Waals surface area contributed by atoms with Gasteiger partial charge in [-0.3, -0.25) is 5.10 Å². The molecule has 2 aromatic heterocycles. The number of benzene rings is 1. The van der Waals surface area contributed by atoms with E-state index in [9.17, 15) is 5.11 Å². The average molecular weight is 408 g/mol. The van der Waals surface area contributed by atoms with E-state index < -0.39 is 0 Å². The van der Waals surface area contributed by atoms with Crippen molar-refractivity contribution in [3.63, 3.8) is 0 Å². The van der Waals surface area contributed by atoms with Crippen molar-refractivity contribution in [3.8, 4) is 28.1 Å². The van der Waals surface area contributed by atoms with Gasteiger partial charge in [0.05, 0.1) is 12.4 Å². The largest absolute Gasteiger partial charge is 0.507 e. The molecule has 0 aliphatic carbocycles. The number of rotatable bonds is 3. The maximum Gasteiger partial charge on any atom is 0.245 e. The fourth-order valence-corrected chi connectivity index (χ4v) is 3.48. The molecule has 0 unspecified atom stereocenters. The lowest BCUT2D eigenvalue weighted by Gasteiger charge is -2.55. The number of hydrogen-bond donors (Lipinski definition) is 3. The molecular weight excluding hydrogens is 389 g/mol. The summed E-state index contributed by atoms with van der Waals surface area (Å²) in [6.45, 7) is 4.11. The Morgan fingerprint density at radius 2 is 1.85 bits per heavy atom. The van der Waals surface area contributed by atoms with Crippen molar-refractivity contribution < 1.29 is 5.11 Å². The summed E-state index contributed by atoms with van der Waals surface area (Å²) >= 11 is 0. The number of H-pyrrole nitrogens is 1. The number of aromatic amines is 1. The van der Waals surface area contributed by atoms with Gasteiger partial charge in [-0.05, 0) is 17.7 Å². The number of anilines is 1. The third-order valence-electron chi connectivity index (χ3n) is 4.99. The molecule has 5 rings (SSSR count). The van der Waals surface area contributed by atoms with Crippen LogP contribution in [0.2, 0.25) is 0 Å². The SMILES string of the molecule is Cl.Cl.Oc1cc(-c2cn[nH]c2)ccc1-c1cnc(N2CC3(CNC3)C2)nn1. The highest BCUT2D eigenvalue weighted by molar-refractivity contribution is 5.85. The molecule has 0 atom stereocenters. The lowest BCUT2D eigenvalue weighted by Crippen LogP contribution is -2.71. The summed E-state index contributed by atoms with van der Waals surface area (Å²) in [7, 11) is 0. The molecule has 1 spiro atoms. The molecule has 0 saturated carbocycles. The number of nitrogens with zero attached hydrogens (tertiary/aromatic N) is 5. The molecule has 2 saturated heterocycles. The number of halogens is 2. The van der Waals surface area contributed by atoms with Crippen LogP contribution in [0, 0.1) is 5.41 Å². The summed E-state index contributed by atoms with van der Waals surface area (Å²) in [5.74, 6) is 0.793. The molecule has 0 amide bonds. The van der Waals surface area contributed by atoms with Crippen LogP contribution in [-0.4, -0.2) is 56.7 Å². The van der Waals surface area contributed by atoms with E-state index in [-0.39, 0.29) is 30.6 Å². The molecular formula is C17H19Cl2N7O. The lowest BCUT2D eigenvalue weighted by atomic mass is 9.75. The Balaban J connectivity index is 0.00000105. The summed E-state index contributed by atoms with van der Waals surface area (Å²) in [5, 5.41) is 28.8. The fraction of sp³-hybridized carbons (Fsp3) is 0.294. The van der Waals surface area contributed by atoms with Gasteiger partial charge in [0.25, 0.3) is 0 Å². The molecule has 27 heavy (non-hydrogen) atoms. The highest BCUT2D eigenvalue weighted by Gasteiger charge is 2.48. The molecule has 3 N–H and O–H groups in total. The molecule has 2 fully saturated rings. The molecule has 3 aromatic rings. The standard InChI is InChI=1S/C17H17N7O.2ClH/c25-15-3-11(12-4-20-21-5-12)1-2-13(15)14-6-19-16(23-22-14)24-9-17(10-24)7-18-8-17;;/h1-6,18,25H,7-10H2,(H,20,21);2*1H. The Bertz CT molecular complexity index is 906. The van der Waals surface area contributed by atoms with E-state index in [1.165, 1.54) is 0 Å². The molecule has 2 aliphatic rings. The van der Waals surface area contributed by atoms with Crippen molar-refractivity contribution in [2.24, 2.45) is 5.41 Å². The van der Waals surface area contributed by atoms with Gasteiger partial charge < -0.3 is 15.3 Å². The van der Waals surface area contributed by atoms with E-state index >= 15 is 0 Å². The van der Waals surface area contributed by atoms with Gasteiger partial charge >= 0.3 is 0 Å². The second kappa shape index (κ2) is 7.30. The van der Waals surface area contributed by atoms with E-state index in [1.54, 1.807) is 24.7 Å². The lowest BCUT2D eigenvalue weighted by molar-refractivity contribution is 0.119. The van der Waals surface area contributed by atoms with Crippen LogP contribution in [0.1, 0.15) is 0 Å². The van der Waals surface area contributed by atoms with Gasteiger partial charge in [0.1, 0.15) is 11.4 Å². The molecule has 1 aromatic carbocycles. The third-order valence-corrected chi connectivity index (χ3v) is 4.99. The first kappa shape index (κ1) is 19.3. The van der Waals surface area contributed by atoms with Gasteiger partial charge in [-0.1, -0.05) is 6.07 Å². The summed E-state index contributed by atoms with van der Waals surface area (Å²) in [6, 6.07) is 5.43. The third kappa shape index (κ3) is 3.31. The van der Waals surface area contributed by atoms with Crippen molar-refractivity contribution in [2.75, 3.05) is 31.1 Å². The van der Waals surface area contributed by atoms with Crippen LogP contribution in [0.3, 0.4) is 0 Å². The maximum atomic E-state index is 10.3. The summed E-state index contributed by atoms with van der Waals surface area (Å²) in [4.78, 5) is 6.56. The zero-order chi connectivity index (χ0) is 16.9. The van der Waals surface area contributed by atoms with Crippen molar-refractivity contribution >= 4 is 30.8 Å². The predicted molar refractivity (Wildman–Crippen MR) is 107 cm³/mol. The van der Waals surface area contributed by atoms with E-state index in [0.29, 0.717) is 22.6 Å². The Kier molecular flexibility index (Phi) is 5.23. The summed E-state index contributed by atoms with van der Waals surface area (Å²) < 4.78 is 0. The monoisotopic (exact) mass is 407 g/mol. The molecule has 10 heteroatoms. The van der Waals surface area contributed by atoms with Crippen LogP contribution in [0.5, 0.6) is 5.75 Å². The first-order valence-corrected chi connectivity index (χ1v) is 8.20. The average Bonchev–Trinajstić information content (AvgIpc) is 3.07. The predicted octanol–water partition coefficient (Wildman–Crippen LogP) is 1.89. The molecule has 8 nitrogen and oxygen atoms in total. The number of nitrogens with one attached hydrogen (secondary N) is 2. The first-order valence-electron chi connectivity index (χ1n) is 8.20. The number of aromatic hydroxyl groups is 1. The van der Waals surface area contributed by atoms with Gasteiger partial charge in [-0.25, -0.2) is 4.98 Å². The van der Waals surface area contributed by atoms with Gasteiger partial charge in [-0.2, -0.15) is 5.10 Å². The van der Waals surface area contributed by atoms with Gasteiger partial charge in [0.2, 0.25) is 5.95 Å².